The molecule has 0 aliphatic heterocycles. The monoisotopic (exact) mass is 298 g/mol. The first-order valence-electron chi connectivity index (χ1n) is 2.84. The Morgan fingerprint density at radius 1 is 1.36 bits per heavy atom. The predicted molar refractivity (Wildman–Crippen MR) is 53.4 cm³/mol. The summed E-state index contributed by atoms with van der Waals surface area (Å²) in [5.74, 6) is 0.720. The summed E-state index contributed by atoms with van der Waals surface area (Å²) >= 11 is 12.4. The van der Waals surface area contributed by atoms with E-state index < -0.39 is 0 Å². The fraction of sp³-hybridized carbons (Fsp3) is 0.143. The van der Waals surface area contributed by atoms with Gasteiger partial charge in [0.1, 0.15) is 5.75 Å². The summed E-state index contributed by atoms with van der Waals surface area (Å²) in [6.07, 6.45) is 0. The van der Waals surface area contributed by atoms with Gasteiger partial charge in [0.15, 0.2) is 0 Å². The molecule has 60 valence electrons. The quantitative estimate of drug-likeness (QED) is 0.715. The van der Waals surface area contributed by atoms with E-state index in [1.54, 1.807) is 13.2 Å². The minimum atomic E-state index is 0.644. The van der Waals surface area contributed by atoms with Crippen LogP contribution in [0.15, 0.2) is 21.1 Å². The largest absolute Gasteiger partial charge is 0.494 e. The van der Waals surface area contributed by atoms with Gasteiger partial charge in [0.25, 0.3) is 0 Å². The minimum Gasteiger partial charge on any atom is -0.494 e. The van der Waals surface area contributed by atoms with Gasteiger partial charge in [-0.15, -0.1) is 0 Å². The van der Waals surface area contributed by atoms with Crippen LogP contribution in [0.5, 0.6) is 5.75 Å². The molecular formula is C7H5Br2ClO. The Morgan fingerprint density at radius 2 is 2.00 bits per heavy atom. The first-order chi connectivity index (χ1) is 5.16. The third-order valence-corrected chi connectivity index (χ3v) is 3.16. The van der Waals surface area contributed by atoms with Crippen LogP contribution in [-0.4, -0.2) is 7.11 Å². The van der Waals surface area contributed by atoms with E-state index in [9.17, 15) is 0 Å². The molecule has 0 fully saturated rings. The number of halogens is 3. The second-order valence-electron chi connectivity index (χ2n) is 1.88. The average Bonchev–Trinajstić information content (AvgIpc) is 1.99. The maximum Gasteiger partial charge on any atom is 0.148 e. The Hall–Kier alpha value is 0.270. The fourth-order valence-corrected chi connectivity index (χ4v) is 2.11. The van der Waals surface area contributed by atoms with Crippen LogP contribution in [0.3, 0.4) is 0 Å². The van der Waals surface area contributed by atoms with Gasteiger partial charge in [-0.2, -0.15) is 0 Å². The van der Waals surface area contributed by atoms with Crippen LogP contribution in [-0.2, 0) is 0 Å². The summed E-state index contributed by atoms with van der Waals surface area (Å²) in [4.78, 5) is 0. The van der Waals surface area contributed by atoms with Gasteiger partial charge >= 0.3 is 0 Å². The Bertz CT molecular complexity index is 275. The summed E-state index contributed by atoms with van der Waals surface area (Å²) in [6, 6.07) is 3.63. The average molecular weight is 300 g/mol. The molecule has 1 rings (SSSR count). The molecule has 0 heterocycles. The van der Waals surface area contributed by atoms with E-state index in [1.165, 1.54) is 0 Å². The SMILES string of the molecule is COc1c(Br)ccc(Cl)c1Br. The van der Waals surface area contributed by atoms with Gasteiger partial charge in [-0.05, 0) is 44.0 Å². The number of methoxy groups -OCH3 is 1. The molecule has 1 nitrogen and oxygen atoms in total. The molecule has 0 N–H and O–H groups in total. The van der Waals surface area contributed by atoms with E-state index in [-0.39, 0.29) is 0 Å². The number of hydrogen-bond acceptors (Lipinski definition) is 1. The summed E-state index contributed by atoms with van der Waals surface area (Å²) in [6.45, 7) is 0. The van der Waals surface area contributed by atoms with Crippen LogP contribution in [0.4, 0.5) is 0 Å². The van der Waals surface area contributed by atoms with Gasteiger partial charge in [-0.1, -0.05) is 11.6 Å². The van der Waals surface area contributed by atoms with Crippen molar-refractivity contribution < 1.29 is 4.74 Å². The number of ether oxygens (including phenoxy) is 1. The number of hydrogen-bond donors (Lipinski definition) is 0. The highest BCUT2D eigenvalue weighted by Crippen LogP contribution is 2.37. The zero-order chi connectivity index (χ0) is 8.43. The zero-order valence-corrected chi connectivity index (χ0v) is 9.62. The molecule has 0 aliphatic rings. The first-order valence-corrected chi connectivity index (χ1v) is 4.80. The van der Waals surface area contributed by atoms with E-state index in [2.05, 4.69) is 31.9 Å². The molecule has 4 heteroatoms. The summed E-state index contributed by atoms with van der Waals surface area (Å²) in [5.41, 5.74) is 0. The molecule has 1 aromatic carbocycles. The molecule has 0 spiro atoms. The zero-order valence-electron chi connectivity index (χ0n) is 5.70. The molecule has 0 radical (unpaired) electrons. The molecule has 0 saturated heterocycles. The van der Waals surface area contributed by atoms with Crippen molar-refractivity contribution in [2.24, 2.45) is 0 Å². The van der Waals surface area contributed by atoms with Gasteiger partial charge in [-0.25, -0.2) is 0 Å². The van der Waals surface area contributed by atoms with Gasteiger partial charge in [0, 0.05) is 0 Å². The van der Waals surface area contributed by atoms with Gasteiger partial charge in [0.05, 0.1) is 21.1 Å². The third-order valence-electron chi connectivity index (χ3n) is 1.21. The molecule has 11 heavy (non-hydrogen) atoms. The minimum absolute atomic E-state index is 0.644. The molecule has 0 amide bonds. The van der Waals surface area contributed by atoms with E-state index >= 15 is 0 Å². The van der Waals surface area contributed by atoms with E-state index in [4.69, 9.17) is 16.3 Å². The smallest absolute Gasteiger partial charge is 0.148 e. The lowest BCUT2D eigenvalue weighted by Gasteiger charge is -2.05. The van der Waals surface area contributed by atoms with Gasteiger partial charge in [-0.3, -0.25) is 0 Å². The standard InChI is InChI=1S/C7H5Br2ClO/c1-11-7-4(8)2-3-5(10)6(7)9/h2-3H,1H3. The molecule has 1 aromatic rings. The van der Waals surface area contributed by atoms with Gasteiger partial charge in [0.2, 0.25) is 0 Å². The van der Waals surface area contributed by atoms with E-state index in [0.29, 0.717) is 5.02 Å². The second-order valence-corrected chi connectivity index (χ2v) is 3.93. The highest BCUT2D eigenvalue weighted by Gasteiger charge is 2.07. The number of benzene rings is 1. The Kier molecular flexibility index (Phi) is 3.22. The van der Waals surface area contributed by atoms with Crippen molar-refractivity contribution in [3.8, 4) is 5.75 Å². The highest BCUT2D eigenvalue weighted by atomic mass is 79.9. The van der Waals surface area contributed by atoms with Gasteiger partial charge < -0.3 is 4.74 Å². The van der Waals surface area contributed by atoms with Crippen LogP contribution in [0.1, 0.15) is 0 Å². The first kappa shape index (κ1) is 9.36. The van der Waals surface area contributed by atoms with Crippen molar-refractivity contribution in [3.63, 3.8) is 0 Å². The van der Waals surface area contributed by atoms with Crippen LogP contribution in [0.2, 0.25) is 5.02 Å². The van der Waals surface area contributed by atoms with Crippen molar-refractivity contribution in [2.75, 3.05) is 7.11 Å². The molecular weight excluding hydrogens is 295 g/mol. The van der Waals surface area contributed by atoms with Crippen LogP contribution in [0, 0.1) is 0 Å². The maximum absolute atomic E-state index is 5.82. The molecule has 0 aromatic heterocycles. The lowest BCUT2D eigenvalue weighted by molar-refractivity contribution is 0.409. The lowest BCUT2D eigenvalue weighted by atomic mass is 10.3. The number of rotatable bonds is 1. The Morgan fingerprint density at radius 3 is 2.45 bits per heavy atom. The Labute approximate surface area is 86.9 Å². The second kappa shape index (κ2) is 3.78. The maximum atomic E-state index is 5.82. The Balaban J connectivity index is 3.29. The molecule has 0 unspecified atom stereocenters. The van der Waals surface area contributed by atoms with Crippen molar-refractivity contribution in [1.29, 1.82) is 0 Å². The van der Waals surface area contributed by atoms with Crippen molar-refractivity contribution in [2.45, 2.75) is 0 Å². The normalized spacial score (nSPS) is 9.82. The van der Waals surface area contributed by atoms with Crippen molar-refractivity contribution in [3.05, 3.63) is 26.1 Å². The topological polar surface area (TPSA) is 9.23 Å². The summed E-state index contributed by atoms with van der Waals surface area (Å²) < 4.78 is 6.74. The fourth-order valence-electron chi connectivity index (χ4n) is 0.696. The molecule has 0 bridgehead atoms. The van der Waals surface area contributed by atoms with E-state index in [1.807, 2.05) is 6.07 Å². The third kappa shape index (κ3) is 1.89. The summed E-state index contributed by atoms with van der Waals surface area (Å²) in [7, 11) is 1.60. The van der Waals surface area contributed by atoms with E-state index in [0.717, 1.165) is 14.7 Å². The van der Waals surface area contributed by atoms with Crippen LogP contribution >= 0.6 is 43.5 Å². The highest BCUT2D eigenvalue weighted by molar-refractivity contribution is 9.11. The van der Waals surface area contributed by atoms with Crippen LogP contribution < -0.4 is 4.74 Å². The predicted octanol–water partition coefficient (Wildman–Crippen LogP) is 3.87. The molecule has 0 saturated carbocycles. The molecule has 0 aliphatic carbocycles. The van der Waals surface area contributed by atoms with Crippen molar-refractivity contribution in [1.82, 2.24) is 0 Å². The lowest BCUT2D eigenvalue weighted by Crippen LogP contribution is -1.85. The molecule has 0 atom stereocenters. The van der Waals surface area contributed by atoms with Crippen LogP contribution in [0.25, 0.3) is 0 Å². The van der Waals surface area contributed by atoms with Crippen molar-refractivity contribution >= 4 is 43.5 Å². The summed E-state index contributed by atoms with van der Waals surface area (Å²) in [5, 5.41) is 0.644.